The van der Waals surface area contributed by atoms with Crippen LogP contribution in [0.5, 0.6) is 0 Å². The van der Waals surface area contributed by atoms with Crippen LogP contribution < -0.4 is 10.9 Å². The zero-order chi connectivity index (χ0) is 17.4. The number of H-pyrrole nitrogens is 1. The Morgan fingerprint density at radius 3 is 2.96 bits per heavy atom. The number of carbonyl (C=O) groups is 1. The number of thioether (sulfide) groups is 1. The third-order valence-electron chi connectivity index (χ3n) is 4.09. The van der Waals surface area contributed by atoms with Crippen LogP contribution in [0.3, 0.4) is 0 Å². The Morgan fingerprint density at radius 2 is 2.33 bits per heavy atom. The molecule has 3 heterocycles. The number of hydrogen-bond donors (Lipinski definition) is 3. The van der Waals surface area contributed by atoms with E-state index < -0.39 is 11.7 Å². The van der Waals surface area contributed by atoms with Crippen LogP contribution in [0.2, 0.25) is 0 Å². The molecule has 0 bridgehead atoms. The van der Waals surface area contributed by atoms with E-state index in [-0.39, 0.29) is 28.7 Å². The summed E-state index contributed by atoms with van der Waals surface area (Å²) in [6, 6.07) is 0. The standard InChI is InChI=1S/C15H21N5O3S/c1-4-8-5-9(21)14(24-8)20-6-16-10-11(20)17-15(19-13(10)23)18-12(22)7(2)3/h6-9,14,21H,4-5H2,1-3H3,(H2,17,18,19,22,23)/t8-,9-,14-/m1/s1. The maximum atomic E-state index is 12.2. The first-order chi connectivity index (χ1) is 11.4. The summed E-state index contributed by atoms with van der Waals surface area (Å²) in [6.45, 7) is 5.60. The minimum Gasteiger partial charge on any atom is -0.390 e. The predicted molar refractivity (Wildman–Crippen MR) is 92.9 cm³/mol. The maximum absolute atomic E-state index is 12.2. The van der Waals surface area contributed by atoms with Gasteiger partial charge in [-0.15, -0.1) is 11.8 Å². The van der Waals surface area contributed by atoms with Crippen molar-refractivity contribution in [3.63, 3.8) is 0 Å². The molecule has 1 saturated heterocycles. The monoisotopic (exact) mass is 351 g/mol. The number of rotatable bonds is 4. The molecule has 3 rings (SSSR count). The molecule has 1 amide bonds. The van der Waals surface area contributed by atoms with Gasteiger partial charge in [-0.25, -0.2) is 4.98 Å². The van der Waals surface area contributed by atoms with Gasteiger partial charge in [0.1, 0.15) is 5.37 Å². The molecule has 1 aliphatic heterocycles. The second kappa shape index (κ2) is 6.56. The summed E-state index contributed by atoms with van der Waals surface area (Å²) >= 11 is 1.66. The van der Waals surface area contributed by atoms with Crippen LogP contribution in [0.15, 0.2) is 11.1 Å². The number of imidazole rings is 1. The molecule has 0 aromatic carbocycles. The highest BCUT2D eigenvalue weighted by atomic mass is 32.2. The normalized spacial score (nSPS) is 24.0. The fourth-order valence-corrected chi connectivity index (χ4v) is 4.15. The fraction of sp³-hybridized carbons (Fsp3) is 0.600. The smallest absolute Gasteiger partial charge is 0.280 e. The molecular weight excluding hydrogens is 330 g/mol. The molecule has 1 fully saturated rings. The minimum absolute atomic E-state index is 0.0949. The Balaban J connectivity index is 2.00. The number of amides is 1. The second-order valence-electron chi connectivity index (χ2n) is 6.24. The minimum atomic E-state index is -0.521. The van der Waals surface area contributed by atoms with Gasteiger partial charge in [-0.05, 0) is 12.8 Å². The van der Waals surface area contributed by atoms with Gasteiger partial charge in [-0.1, -0.05) is 20.8 Å². The molecule has 3 N–H and O–H groups in total. The topological polar surface area (TPSA) is 113 Å². The van der Waals surface area contributed by atoms with E-state index in [9.17, 15) is 14.7 Å². The summed E-state index contributed by atoms with van der Waals surface area (Å²) in [5, 5.41) is 13.1. The Bertz CT molecular complexity index is 815. The molecule has 0 radical (unpaired) electrons. The lowest BCUT2D eigenvalue weighted by Crippen LogP contribution is -2.23. The van der Waals surface area contributed by atoms with Crippen molar-refractivity contribution >= 4 is 34.8 Å². The average molecular weight is 351 g/mol. The molecule has 2 aromatic rings. The number of hydrogen-bond acceptors (Lipinski definition) is 6. The number of nitrogens with zero attached hydrogens (tertiary/aromatic N) is 3. The highest BCUT2D eigenvalue weighted by Gasteiger charge is 2.35. The van der Waals surface area contributed by atoms with E-state index in [0.29, 0.717) is 17.3 Å². The zero-order valence-corrected chi connectivity index (χ0v) is 14.6. The molecule has 0 spiro atoms. The van der Waals surface area contributed by atoms with Crippen LogP contribution in [0, 0.1) is 5.92 Å². The lowest BCUT2D eigenvalue weighted by atomic mass is 10.1. The van der Waals surface area contributed by atoms with Crippen molar-refractivity contribution in [2.45, 2.75) is 50.3 Å². The van der Waals surface area contributed by atoms with Gasteiger partial charge in [0.15, 0.2) is 11.2 Å². The molecule has 3 atom stereocenters. The van der Waals surface area contributed by atoms with Gasteiger partial charge in [-0.3, -0.25) is 24.5 Å². The van der Waals surface area contributed by atoms with Gasteiger partial charge in [-0.2, -0.15) is 4.98 Å². The third-order valence-corrected chi connectivity index (χ3v) is 5.82. The van der Waals surface area contributed by atoms with Crippen LogP contribution in [0.1, 0.15) is 39.0 Å². The van der Waals surface area contributed by atoms with Crippen molar-refractivity contribution in [2.75, 3.05) is 5.32 Å². The summed E-state index contributed by atoms with van der Waals surface area (Å²) < 4.78 is 1.72. The quantitative estimate of drug-likeness (QED) is 0.769. The number of anilines is 1. The molecule has 130 valence electrons. The van der Waals surface area contributed by atoms with E-state index in [4.69, 9.17) is 0 Å². The first-order valence-electron chi connectivity index (χ1n) is 8.02. The zero-order valence-electron chi connectivity index (χ0n) is 13.8. The molecule has 2 aromatic heterocycles. The lowest BCUT2D eigenvalue weighted by Gasteiger charge is -2.16. The highest BCUT2D eigenvalue weighted by Crippen LogP contribution is 2.43. The SMILES string of the molecule is CC[C@@H]1C[C@@H](O)[C@H](n2cnc3c(=O)[nH]c(NC(=O)C(C)C)nc32)S1. The molecule has 1 aliphatic rings. The molecule has 0 unspecified atom stereocenters. The lowest BCUT2D eigenvalue weighted by molar-refractivity contribution is -0.118. The first-order valence-corrected chi connectivity index (χ1v) is 8.96. The van der Waals surface area contributed by atoms with Crippen molar-refractivity contribution < 1.29 is 9.90 Å². The molecule has 0 saturated carbocycles. The Morgan fingerprint density at radius 1 is 1.58 bits per heavy atom. The Hall–Kier alpha value is -1.87. The number of aliphatic hydroxyl groups is 1. The first kappa shape index (κ1) is 17.0. The van der Waals surface area contributed by atoms with E-state index in [2.05, 4.69) is 27.2 Å². The van der Waals surface area contributed by atoms with Crippen molar-refractivity contribution in [3.8, 4) is 0 Å². The fourth-order valence-electron chi connectivity index (χ4n) is 2.68. The van der Waals surface area contributed by atoms with E-state index in [1.54, 1.807) is 30.2 Å². The molecule has 9 heteroatoms. The Kier molecular flexibility index (Phi) is 4.64. The highest BCUT2D eigenvalue weighted by molar-refractivity contribution is 8.00. The summed E-state index contributed by atoms with van der Waals surface area (Å²) in [5.74, 6) is -0.365. The predicted octanol–water partition coefficient (Wildman–Crippen LogP) is 1.49. The number of fused-ring (bicyclic) bond motifs is 1. The number of aromatic nitrogens is 4. The maximum Gasteiger partial charge on any atom is 0.280 e. The number of nitrogens with one attached hydrogen (secondary N) is 2. The van der Waals surface area contributed by atoms with Gasteiger partial charge in [0, 0.05) is 11.2 Å². The van der Waals surface area contributed by atoms with Gasteiger partial charge in [0.2, 0.25) is 11.9 Å². The summed E-state index contributed by atoms with van der Waals surface area (Å²) in [7, 11) is 0. The van der Waals surface area contributed by atoms with Crippen LogP contribution in [-0.2, 0) is 4.79 Å². The van der Waals surface area contributed by atoms with Gasteiger partial charge in [0.25, 0.3) is 5.56 Å². The van der Waals surface area contributed by atoms with Crippen molar-refractivity contribution in [1.29, 1.82) is 0 Å². The van der Waals surface area contributed by atoms with E-state index in [1.165, 1.54) is 6.33 Å². The van der Waals surface area contributed by atoms with Crippen LogP contribution >= 0.6 is 11.8 Å². The van der Waals surface area contributed by atoms with E-state index >= 15 is 0 Å². The summed E-state index contributed by atoms with van der Waals surface area (Å²) in [5.41, 5.74) is 0.152. The largest absolute Gasteiger partial charge is 0.390 e. The molecule has 24 heavy (non-hydrogen) atoms. The van der Waals surface area contributed by atoms with Crippen molar-refractivity contribution in [2.24, 2.45) is 5.92 Å². The number of aromatic amines is 1. The Labute approximate surface area is 143 Å². The van der Waals surface area contributed by atoms with Gasteiger partial charge >= 0.3 is 0 Å². The average Bonchev–Trinajstić information content (AvgIpc) is 3.10. The third kappa shape index (κ3) is 3.05. The van der Waals surface area contributed by atoms with Crippen LogP contribution in [0.25, 0.3) is 11.2 Å². The summed E-state index contributed by atoms with van der Waals surface area (Å²) in [6.07, 6.45) is 2.67. The molecule has 8 nitrogen and oxygen atoms in total. The molecule has 0 aliphatic carbocycles. The van der Waals surface area contributed by atoms with Crippen LogP contribution in [0.4, 0.5) is 5.95 Å². The van der Waals surface area contributed by atoms with E-state index in [1.807, 2.05) is 0 Å². The van der Waals surface area contributed by atoms with Crippen LogP contribution in [-0.4, -0.2) is 41.9 Å². The van der Waals surface area contributed by atoms with E-state index in [0.717, 1.165) is 6.42 Å². The number of aliphatic hydroxyl groups excluding tert-OH is 1. The second-order valence-corrected chi connectivity index (χ2v) is 7.66. The van der Waals surface area contributed by atoms with Crippen molar-refractivity contribution in [1.82, 2.24) is 19.5 Å². The van der Waals surface area contributed by atoms with Gasteiger partial charge < -0.3 is 5.11 Å². The van der Waals surface area contributed by atoms with Crippen molar-refractivity contribution in [3.05, 3.63) is 16.7 Å². The molecular formula is C15H21N5O3S. The number of carbonyl (C=O) groups excluding carboxylic acids is 1. The summed E-state index contributed by atoms with van der Waals surface area (Å²) in [4.78, 5) is 35.0. The van der Waals surface area contributed by atoms with Gasteiger partial charge in [0.05, 0.1) is 12.4 Å².